The van der Waals surface area contributed by atoms with Crippen molar-refractivity contribution < 1.29 is 9.66 Å². The number of nitro groups is 1. The molecule has 0 bridgehead atoms. The second-order valence-corrected chi connectivity index (χ2v) is 5.61. The first-order valence-electron chi connectivity index (χ1n) is 6.56. The molecule has 110 valence electrons. The Morgan fingerprint density at radius 1 is 1.40 bits per heavy atom. The van der Waals surface area contributed by atoms with Crippen LogP contribution in [0.1, 0.15) is 26.7 Å². The van der Waals surface area contributed by atoms with Gasteiger partial charge in [0.1, 0.15) is 0 Å². The van der Waals surface area contributed by atoms with Crippen molar-refractivity contribution in [1.82, 2.24) is 0 Å². The molecule has 20 heavy (non-hydrogen) atoms. The van der Waals surface area contributed by atoms with Crippen LogP contribution >= 0.6 is 0 Å². The molecule has 0 radical (unpaired) electrons. The summed E-state index contributed by atoms with van der Waals surface area (Å²) in [5.74, 6) is 5.34. The van der Waals surface area contributed by atoms with Gasteiger partial charge in [0.25, 0.3) is 5.69 Å². The van der Waals surface area contributed by atoms with Crippen LogP contribution in [-0.4, -0.2) is 23.2 Å². The number of anilines is 2. The van der Waals surface area contributed by atoms with Crippen LogP contribution in [0.2, 0.25) is 0 Å². The average molecular weight is 280 g/mol. The summed E-state index contributed by atoms with van der Waals surface area (Å²) in [5.41, 5.74) is 3.48. The number of hydrazine groups is 1. The maximum Gasteiger partial charge on any atom is 0.273 e. The standard InChI is InChI=1S/C13H20N4O3/c1-13(2)8-9(3-4-20-13)15-10-5-11(16-14)7-12(6-10)17(18)19/h5-7,9,15-16H,3-4,8,14H2,1-2H3. The lowest BCUT2D eigenvalue weighted by Crippen LogP contribution is -2.40. The van der Waals surface area contributed by atoms with Gasteiger partial charge >= 0.3 is 0 Å². The van der Waals surface area contributed by atoms with Crippen LogP contribution in [0.5, 0.6) is 0 Å². The number of nitrogens with zero attached hydrogens (tertiary/aromatic N) is 1. The number of rotatable bonds is 4. The predicted molar refractivity (Wildman–Crippen MR) is 77.6 cm³/mol. The molecular weight excluding hydrogens is 260 g/mol. The highest BCUT2D eigenvalue weighted by Crippen LogP contribution is 2.29. The summed E-state index contributed by atoms with van der Waals surface area (Å²) in [6.45, 7) is 4.77. The van der Waals surface area contributed by atoms with Gasteiger partial charge in [-0.05, 0) is 32.8 Å². The topological polar surface area (TPSA) is 102 Å². The normalized spacial score (nSPS) is 21.2. The number of nitrogens with two attached hydrogens (primary N) is 1. The Labute approximate surface area is 117 Å². The van der Waals surface area contributed by atoms with Crippen LogP contribution in [0.15, 0.2) is 18.2 Å². The molecule has 0 aliphatic carbocycles. The Hall–Kier alpha value is -1.86. The van der Waals surface area contributed by atoms with E-state index in [-0.39, 0.29) is 17.3 Å². The lowest BCUT2D eigenvalue weighted by molar-refractivity contribution is -0.384. The van der Waals surface area contributed by atoms with Crippen LogP contribution in [0.3, 0.4) is 0 Å². The summed E-state index contributed by atoms with van der Waals surface area (Å²) in [5, 5.41) is 14.2. The third-order valence-corrected chi connectivity index (χ3v) is 3.36. The summed E-state index contributed by atoms with van der Waals surface area (Å²) in [6.07, 6.45) is 1.72. The molecule has 1 fully saturated rings. The number of nitro benzene ring substituents is 1. The Morgan fingerprint density at radius 3 is 2.70 bits per heavy atom. The zero-order chi connectivity index (χ0) is 14.8. The molecule has 7 heteroatoms. The van der Waals surface area contributed by atoms with Crippen molar-refractivity contribution in [2.75, 3.05) is 17.3 Å². The third-order valence-electron chi connectivity index (χ3n) is 3.36. The molecule has 7 nitrogen and oxygen atoms in total. The van der Waals surface area contributed by atoms with E-state index in [0.29, 0.717) is 18.0 Å². The number of hydrogen-bond donors (Lipinski definition) is 3. The zero-order valence-electron chi connectivity index (χ0n) is 11.7. The first-order valence-corrected chi connectivity index (χ1v) is 6.56. The SMILES string of the molecule is CC1(C)CC(Nc2cc(NN)cc([N+](=O)[O-])c2)CCO1. The minimum Gasteiger partial charge on any atom is -0.382 e. The summed E-state index contributed by atoms with van der Waals surface area (Å²) in [6, 6.07) is 4.91. The quantitative estimate of drug-likeness (QED) is 0.444. The van der Waals surface area contributed by atoms with E-state index in [0.717, 1.165) is 12.8 Å². The molecule has 1 aliphatic heterocycles. The molecule has 0 saturated carbocycles. The smallest absolute Gasteiger partial charge is 0.273 e. The van der Waals surface area contributed by atoms with Gasteiger partial charge in [0, 0.05) is 30.5 Å². The fourth-order valence-corrected chi connectivity index (χ4v) is 2.47. The summed E-state index contributed by atoms with van der Waals surface area (Å²) in [7, 11) is 0. The van der Waals surface area contributed by atoms with Crippen LogP contribution in [0.4, 0.5) is 17.1 Å². The Balaban J connectivity index is 2.16. The van der Waals surface area contributed by atoms with Gasteiger partial charge in [0.15, 0.2) is 0 Å². The molecule has 1 saturated heterocycles. The number of hydrogen-bond acceptors (Lipinski definition) is 6. The molecule has 0 amide bonds. The highest BCUT2D eigenvalue weighted by molar-refractivity contribution is 5.63. The van der Waals surface area contributed by atoms with Crippen LogP contribution in [0.25, 0.3) is 0 Å². The third kappa shape index (κ3) is 3.58. The Bertz CT molecular complexity index is 504. The molecule has 1 unspecified atom stereocenters. The van der Waals surface area contributed by atoms with Gasteiger partial charge < -0.3 is 15.5 Å². The minimum atomic E-state index is -0.431. The van der Waals surface area contributed by atoms with Crippen molar-refractivity contribution >= 4 is 17.1 Å². The number of nitrogen functional groups attached to an aromatic ring is 1. The van der Waals surface area contributed by atoms with E-state index in [2.05, 4.69) is 10.7 Å². The minimum absolute atomic E-state index is 0.00858. The predicted octanol–water partition coefficient (Wildman–Crippen LogP) is 2.25. The van der Waals surface area contributed by atoms with Crippen molar-refractivity contribution in [3.05, 3.63) is 28.3 Å². The number of benzene rings is 1. The molecule has 0 aromatic heterocycles. The lowest BCUT2D eigenvalue weighted by atomic mass is 9.94. The second kappa shape index (κ2) is 5.64. The van der Waals surface area contributed by atoms with Crippen LogP contribution in [-0.2, 0) is 4.74 Å². The van der Waals surface area contributed by atoms with Crippen LogP contribution < -0.4 is 16.6 Å². The molecule has 1 aliphatic rings. The van der Waals surface area contributed by atoms with Gasteiger partial charge in [-0.3, -0.25) is 16.0 Å². The molecule has 4 N–H and O–H groups in total. The van der Waals surface area contributed by atoms with Crippen molar-refractivity contribution in [3.8, 4) is 0 Å². The monoisotopic (exact) mass is 280 g/mol. The maximum atomic E-state index is 10.9. The molecule has 1 aromatic carbocycles. The van der Waals surface area contributed by atoms with Crippen molar-refractivity contribution in [1.29, 1.82) is 0 Å². The van der Waals surface area contributed by atoms with E-state index in [9.17, 15) is 10.1 Å². The molecule has 1 atom stereocenters. The molecular formula is C13H20N4O3. The first-order chi connectivity index (χ1) is 9.39. The molecule has 1 heterocycles. The van der Waals surface area contributed by atoms with E-state index >= 15 is 0 Å². The largest absolute Gasteiger partial charge is 0.382 e. The fraction of sp³-hybridized carbons (Fsp3) is 0.538. The zero-order valence-corrected chi connectivity index (χ0v) is 11.7. The fourth-order valence-electron chi connectivity index (χ4n) is 2.47. The number of ether oxygens (including phenoxy) is 1. The van der Waals surface area contributed by atoms with Gasteiger partial charge in [-0.25, -0.2) is 0 Å². The van der Waals surface area contributed by atoms with E-state index < -0.39 is 4.92 Å². The Morgan fingerprint density at radius 2 is 2.10 bits per heavy atom. The van der Waals surface area contributed by atoms with Gasteiger partial charge in [-0.1, -0.05) is 0 Å². The summed E-state index contributed by atoms with van der Waals surface area (Å²) < 4.78 is 5.66. The van der Waals surface area contributed by atoms with E-state index in [1.165, 1.54) is 12.1 Å². The van der Waals surface area contributed by atoms with E-state index in [1.807, 2.05) is 13.8 Å². The molecule has 0 spiro atoms. The summed E-state index contributed by atoms with van der Waals surface area (Å²) in [4.78, 5) is 10.5. The average Bonchev–Trinajstić information content (AvgIpc) is 2.37. The van der Waals surface area contributed by atoms with Crippen molar-refractivity contribution in [2.24, 2.45) is 5.84 Å². The van der Waals surface area contributed by atoms with E-state index in [1.54, 1.807) is 6.07 Å². The Kier molecular flexibility index (Phi) is 4.10. The summed E-state index contributed by atoms with van der Waals surface area (Å²) >= 11 is 0. The van der Waals surface area contributed by atoms with E-state index in [4.69, 9.17) is 10.6 Å². The van der Waals surface area contributed by atoms with Crippen molar-refractivity contribution in [3.63, 3.8) is 0 Å². The highest BCUT2D eigenvalue weighted by atomic mass is 16.6. The van der Waals surface area contributed by atoms with Gasteiger partial charge in [-0.15, -0.1) is 0 Å². The number of nitrogens with one attached hydrogen (secondary N) is 2. The van der Waals surface area contributed by atoms with Crippen molar-refractivity contribution in [2.45, 2.75) is 38.3 Å². The van der Waals surface area contributed by atoms with Crippen LogP contribution in [0, 0.1) is 10.1 Å². The second-order valence-electron chi connectivity index (χ2n) is 5.61. The van der Waals surface area contributed by atoms with Gasteiger partial charge in [0.05, 0.1) is 16.2 Å². The van der Waals surface area contributed by atoms with Gasteiger partial charge in [-0.2, -0.15) is 0 Å². The maximum absolute atomic E-state index is 10.9. The number of non-ortho nitro benzene ring substituents is 1. The molecule has 1 aromatic rings. The first kappa shape index (κ1) is 14.5. The van der Waals surface area contributed by atoms with Gasteiger partial charge in [0.2, 0.25) is 0 Å². The lowest BCUT2D eigenvalue weighted by Gasteiger charge is -2.36. The molecule has 2 rings (SSSR count). The highest BCUT2D eigenvalue weighted by Gasteiger charge is 2.28.